The molecule has 262 valence electrons. The zero-order valence-electron chi connectivity index (χ0n) is 28.7. The van der Waals surface area contributed by atoms with Crippen LogP contribution in [0, 0.1) is 11.3 Å². The molecule has 0 bridgehead atoms. The number of ketones is 1. The Bertz CT molecular complexity index is 2150. The van der Waals surface area contributed by atoms with Gasteiger partial charge in [0.05, 0.1) is 29.6 Å². The molecule has 1 aliphatic carbocycles. The fourth-order valence-electron chi connectivity index (χ4n) is 8.14. The summed E-state index contributed by atoms with van der Waals surface area (Å²) in [5.41, 5.74) is 1.09. The largest absolute Gasteiger partial charge is 0.464 e. The van der Waals surface area contributed by atoms with E-state index in [9.17, 15) is 9.90 Å². The molecule has 2 fully saturated rings. The summed E-state index contributed by atoms with van der Waals surface area (Å²) in [7, 11) is 0. The lowest BCUT2D eigenvalue weighted by Gasteiger charge is -2.56. The Morgan fingerprint density at radius 3 is 2.23 bits per heavy atom. The van der Waals surface area contributed by atoms with Gasteiger partial charge in [0, 0.05) is 27.0 Å². The number of carbonyl (C=O) groups excluding carboxylic acids is 3. The van der Waals surface area contributed by atoms with Crippen LogP contribution in [0.5, 0.6) is 5.75 Å². The van der Waals surface area contributed by atoms with Gasteiger partial charge in [-0.2, -0.15) is 0 Å². The Morgan fingerprint density at radius 1 is 0.885 bits per heavy atom. The monoisotopic (exact) mass is 711 g/mol. The number of allylic oxidation sites excluding steroid dienone is 1. The number of aliphatic hydroxyl groups is 1. The Morgan fingerprint density at radius 2 is 1.54 bits per heavy atom. The van der Waals surface area contributed by atoms with Gasteiger partial charge in [0.25, 0.3) is 0 Å². The number of ether oxygens (including phenoxy) is 2. The predicted octanol–water partition coefficient (Wildman–Crippen LogP) is 7.79. The highest BCUT2D eigenvalue weighted by Gasteiger charge is 2.77. The normalized spacial score (nSPS) is 24.1. The first-order valence-corrected chi connectivity index (χ1v) is 18.1. The maximum atomic E-state index is 15.1. The minimum Gasteiger partial charge on any atom is -0.464 e. The number of β-lactam (4-membered cyclic amide) rings is 1. The van der Waals surface area contributed by atoms with Crippen molar-refractivity contribution in [3.05, 3.63) is 162 Å². The van der Waals surface area contributed by atoms with Crippen LogP contribution in [0.25, 0.3) is 11.3 Å². The predicted molar refractivity (Wildman–Crippen MR) is 197 cm³/mol. The second-order valence-electron chi connectivity index (χ2n) is 14.0. The molecule has 5 aromatic rings. The van der Waals surface area contributed by atoms with Crippen molar-refractivity contribution in [2.45, 2.75) is 48.8 Å². The van der Waals surface area contributed by atoms with Gasteiger partial charge in [0.15, 0.2) is 5.78 Å². The molecule has 0 radical (unpaired) electrons. The molecule has 4 aromatic carbocycles. The molecule has 8 nitrogen and oxygen atoms in total. The van der Waals surface area contributed by atoms with E-state index in [1.807, 2.05) is 74.5 Å². The molecule has 0 saturated carbocycles. The van der Waals surface area contributed by atoms with Crippen LogP contribution in [-0.2, 0) is 26.7 Å². The summed E-state index contributed by atoms with van der Waals surface area (Å²) >= 11 is 1.51. The lowest BCUT2D eigenvalue weighted by atomic mass is 9.64. The van der Waals surface area contributed by atoms with E-state index in [0.29, 0.717) is 28.2 Å². The van der Waals surface area contributed by atoms with E-state index in [0.717, 1.165) is 5.56 Å². The van der Waals surface area contributed by atoms with Crippen LogP contribution in [0.3, 0.4) is 0 Å². The van der Waals surface area contributed by atoms with Gasteiger partial charge < -0.3 is 23.9 Å². The van der Waals surface area contributed by atoms with E-state index in [4.69, 9.17) is 13.9 Å². The number of fused-ring (bicyclic) bond motifs is 2. The maximum absolute atomic E-state index is 15.1. The molecule has 1 amide bonds. The molecular weight excluding hydrogens is 675 g/mol. The number of esters is 1. The van der Waals surface area contributed by atoms with Crippen LogP contribution >= 0.6 is 11.8 Å². The molecule has 52 heavy (non-hydrogen) atoms. The summed E-state index contributed by atoms with van der Waals surface area (Å²) < 4.78 is 17.2. The summed E-state index contributed by atoms with van der Waals surface area (Å²) in [6.07, 6.45) is 3.37. The number of hydrogen-bond donors (Lipinski definition) is 1. The van der Waals surface area contributed by atoms with Crippen molar-refractivity contribution in [3.8, 4) is 17.1 Å². The number of carbonyl (C=O) groups is 3. The third-order valence-corrected chi connectivity index (χ3v) is 12.2. The molecular formula is C43H37NO7S. The van der Waals surface area contributed by atoms with Crippen LogP contribution < -0.4 is 4.74 Å². The third-order valence-electron chi connectivity index (χ3n) is 10.5. The Hall–Kier alpha value is -5.22. The van der Waals surface area contributed by atoms with E-state index < -0.39 is 39.3 Å². The molecule has 3 aliphatic rings. The average molecular weight is 712 g/mol. The molecule has 3 heterocycles. The van der Waals surface area contributed by atoms with Crippen LogP contribution in [0.15, 0.2) is 150 Å². The van der Waals surface area contributed by atoms with E-state index in [2.05, 4.69) is 0 Å². The highest BCUT2D eigenvalue weighted by atomic mass is 32.2. The zero-order chi connectivity index (χ0) is 36.1. The molecule has 1 aromatic heterocycles. The van der Waals surface area contributed by atoms with Gasteiger partial charge in [-0.25, -0.2) is 4.79 Å². The topological polar surface area (TPSA) is 106 Å². The van der Waals surface area contributed by atoms with Gasteiger partial charge in [-0.1, -0.05) is 109 Å². The van der Waals surface area contributed by atoms with Gasteiger partial charge in [0.1, 0.15) is 17.6 Å². The number of Topliss-reactive ketones (excluding diaryl/α,β-unsaturated/α-hetero) is 1. The van der Waals surface area contributed by atoms with Gasteiger partial charge in [-0.3, -0.25) is 9.59 Å². The van der Waals surface area contributed by atoms with E-state index >= 15 is 9.59 Å². The summed E-state index contributed by atoms with van der Waals surface area (Å²) in [5.74, 6) is -3.64. The SMILES string of the molecule is CC1(C)S[C@H]2N(C(=O)C23CC=C(C(=O)Oc2ccccc2)C3C(=O)c2ccccc2-c2ccco2)[C@H]1C(O)(OCc1ccccc1)c1ccccc1. The minimum absolute atomic E-state index is 0.100. The van der Waals surface area contributed by atoms with Crippen molar-refractivity contribution in [1.82, 2.24) is 4.90 Å². The second-order valence-corrected chi connectivity index (χ2v) is 15.7. The van der Waals surface area contributed by atoms with Crippen molar-refractivity contribution < 1.29 is 33.4 Å². The third kappa shape index (κ3) is 5.43. The van der Waals surface area contributed by atoms with Crippen LogP contribution in [0.1, 0.15) is 41.8 Å². The number of benzene rings is 4. The molecule has 3 unspecified atom stereocenters. The number of nitrogens with zero attached hydrogens (tertiary/aromatic N) is 1. The van der Waals surface area contributed by atoms with Crippen molar-refractivity contribution >= 4 is 29.4 Å². The highest BCUT2D eigenvalue weighted by molar-refractivity contribution is 8.01. The van der Waals surface area contributed by atoms with E-state index in [1.165, 1.54) is 18.0 Å². The van der Waals surface area contributed by atoms with Gasteiger partial charge >= 0.3 is 5.97 Å². The zero-order valence-corrected chi connectivity index (χ0v) is 29.5. The highest BCUT2D eigenvalue weighted by Crippen LogP contribution is 2.68. The fraction of sp³-hybridized carbons (Fsp3) is 0.233. The molecule has 2 aliphatic heterocycles. The quantitative estimate of drug-likeness (QED) is 0.0515. The van der Waals surface area contributed by atoms with Crippen LogP contribution in [0.4, 0.5) is 0 Å². The number of furan rings is 1. The van der Waals surface area contributed by atoms with Crippen LogP contribution in [0.2, 0.25) is 0 Å². The molecule has 8 rings (SSSR count). The fourth-order valence-corrected chi connectivity index (χ4v) is 9.99. The number of hydrogen-bond acceptors (Lipinski definition) is 8. The summed E-state index contributed by atoms with van der Waals surface area (Å²) in [5, 5.41) is 12.2. The first-order chi connectivity index (χ1) is 25.1. The molecule has 2 saturated heterocycles. The summed E-state index contributed by atoms with van der Waals surface area (Å²) in [6, 6.07) is 37.1. The van der Waals surface area contributed by atoms with Crippen molar-refractivity contribution in [2.24, 2.45) is 11.3 Å². The Labute approximate surface area is 306 Å². The number of thioether (sulfide) groups is 1. The van der Waals surface area contributed by atoms with Crippen molar-refractivity contribution in [1.29, 1.82) is 0 Å². The minimum atomic E-state index is -1.91. The summed E-state index contributed by atoms with van der Waals surface area (Å²) in [4.78, 5) is 45.8. The Balaban J connectivity index is 1.20. The smallest absolute Gasteiger partial charge is 0.339 e. The Kier molecular flexibility index (Phi) is 8.53. The van der Waals surface area contributed by atoms with Crippen LogP contribution in [-0.4, -0.2) is 43.8 Å². The summed E-state index contributed by atoms with van der Waals surface area (Å²) in [6.45, 7) is 4.07. The van der Waals surface area contributed by atoms with Crippen molar-refractivity contribution in [3.63, 3.8) is 0 Å². The molecule has 1 N–H and O–H groups in total. The van der Waals surface area contributed by atoms with Gasteiger partial charge in [-0.15, -0.1) is 11.8 Å². The first kappa shape index (κ1) is 33.9. The van der Waals surface area contributed by atoms with Gasteiger partial charge in [-0.05, 0) is 50.1 Å². The lowest BCUT2D eigenvalue weighted by Crippen LogP contribution is -2.73. The molecule has 1 spiro atoms. The van der Waals surface area contributed by atoms with Crippen molar-refractivity contribution in [2.75, 3.05) is 0 Å². The lowest BCUT2D eigenvalue weighted by molar-refractivity contribution is -0.270. The standard InChI is InChI=1S/C43H37NO7S/c1-41(2)38(43(48,29-17-8-4-9-18-29)50-27-28-15-6-3-7-16-28)44-39(47)42(40(44)52-41)25-24-33(37(46)51-30-19-10-5-11-20-30)35(42)36(45)32-22-13-12-21-31(32)34-23-14-26-49-34/h3-24,26,35,38,40,48H,25,27H2,1-2H3/t35?,38-,40-,42?,43?/m1/s1. The number of amides is 1. The molecule has 5 atom stereocenters. The van der Waals surface area contributed by atoms with E-state index in [1.54, 1.807) is 77.7 Å². The number of rotatable bonds is 10. The van der Waals surface area contributed by atoms with E-state index in [-0.39, 0.29) is 30.3 Å². The first-order valence-electron chi connectivity index (χ1n) is 17.3. The molecule has 9 heteroatoms. The number of para-hydroxylation sites is 1. The maximum Gasteiger partial charge on any atom is 0.339 e. The van der Waals surface area contributed by atoms with Gasteiger partial charge in [0.2, 0.25) is 11.7 Å². The average Bonchev–Trinajstić information content (AvgIpc) is 3.92. The second kappa shape index (κ2) is 13.1.